The number of piperidine rings is 1. The van der Waals surface area contributed by atoms with Crippen LogP contribution in [-0.4, -0.2) is 65.2 Å². The smallest absolute Gasteiger partial charge is 0.257 e. The maximum absolute atomic E-state index is 14.3. The summed E-state index contributed by atoms with van der Waals surface area (Å²) in [5.41, 5.74) is 4.41. The first-order valence-electron chi connectivity index (χ1n) is 15.6. The Kier molecular flexibility index (Phi) is 9.06. The maximum Gasteiger partial charge on any atom is 0.257 e. The van der Waals surface area contributed by atoms with Crippen LogP contribution in [0.4, 0.5) is 10.1 Å². The summed E-state index contributed by atoms with van der Waals surface area (Å²) in [5.74, 6) is 1.03. The lowest BCUT2D eigenvalue weighted by molar-refractivity contribution is 0.0912. The Hall–Kier alpha value is -4.16. The van der Waals surface area contributed by atoms with Crippen LogP contribution in [0.1, 0.15) is 40.3 Å². The third kappa shape index (κ3) is 7.12. The molecule has 2 aromatic carbocycles. The molecular formula is C34H34ClFN6O3Si. The highest BCUT2D eigenvalue weighted by Crippen LogP contribution is 2.26. The van der Waals surface area contributed by atoms with Crippen molar-refractivity contribution in [2.75, 3.05) is 25.0 Å². The molecule has 2 fully saturated rings. The van der Waals surface area contributed by atoms with Gasteiger partial charge in [-0.05, 0) is 73.0 Å². The van der Waals surface area contributed by atoms with E-state index >= 15 is 0 Å². The number of amides is 1. The molecule has 7 rings (SSSR count). The van der Waals surface area contributed by atoms with Crippen LogP contribution in [0.3, 0.4) is 0 Å². The van der Waals surface area contributed by atoms with E-state index in [2.05, 4.69) is 24.8 Å². The number of hydrogen-bond acceptors (Lipinski definition) is 7. The highest BCUT2D eigenvalue weighted by atomic mass is 35.5. The zero-order valence-corrected chi connectivity index (χ0v) is 27.2. The van der Waals surface area contributed by atoms with Gasteiger partial charge < -0.3 is 19.0 Å². The maximum atomic E-state index is 14.3. The van der Waals surface area contributed by atoms with Crippen molar-refractivity contribution in [1.29, 1.82) is 0 Å². The van der Waals surface area contributed by atoms with Crippen molar-refractivity contribution >= 4 is 43.3 Å². The van der Waals surface area contributed by atoms with Crippen molar-refractivity contribution in [3.05, 3.63) is 113 Å². The van der Waals surface area contributed by atoms with E-state index in [0.29, 0.717) is 34.1 Å². The van der Waals surface area contributed by atoms with E-state index in [0.717, 1.165) is 67.8 Å². The lowest BCUT2D eigenvalue weighted by Gasteiger charge is -2.32. The van der Waals surface area contributed by atoms with Gasteiger partial charge in [0.15, 0.2) is 9.04 Å². The van der Waals surface area contributed by atoms with Crippen molar-refractivity contribution in [1.82, 2.24) is 24.4 Å². The molecule has 0 radical (unpaired) electrons. The van der Waals surface area contributed by atoms with Crippen LogP contribution in [-0.2, 0) is 23.6 Å². The molecule has 5 heterocycles. The number of hydrogen-bond donors (Lipinski definition) is 1. The first-order chi connectivity index (χ1) is 22.5. The Morgan fingerprint density at radius 1 is 1.09 bits per heavy atom. The summed E-state index contributed by atoms with van der Waals surface area (Å²) in [5, 5.41) is 3.35. The fraction of sp³-hybridized carbons (Fsp3) is 0.294. The summed E-state index contributed by atoms with van der Waals surface area (Å²) >= 11 is 5.90. The van der Waals surface area contributed by atoms with Crippen LogP contribution in [0.25, 0.3) is 11.0 Å². The number of rotatable bonds is 10. The fourth-order valence-electron chi connectivity index (χ4n) is 5.95. The number of anilines is 1. The third-order valence-corrected chi connectivity index (χ3v) is 11.1. The molecule has 3 aromatic heterocycles. The number of fused-ring (bicyclic) bond motifs is 1. The lowest BCUT2D eigenvalue weighted by Crippen LogP contribution is -2.39. The third-order valence-electron chi connectivity index (χ3n) is 8.54. The normalized spacial score (nSPS) is 17.1. The molecule has 2 aliphatic rings. The number of pyridine rings is 2. The zero-order valence-electron chi connectivity index (χ0n) is 25.2. The molecule has 1 N–H and O–H groups in total. The van der Waals surface area contributed by atoms with Crippen LogP contribution in [0.15, 0.2) is 79.1 Å². The Morgan fingerprint density at radius 3 is 2.72 bits per heavy atom. The minimum absolute atomic E-state index is 0.0480. The SMILES string of the molecule is O=C(Nc1ccc2c(c1)nc(CN1CCC(Oc3cccc(Cc4ccc(Cl)cc4F)n3)CC1)n2C[Si@@H]1CCO1)c1cccnc1. The minimum atomic E-state index is -1.27. The molecule has 0 aliphatic carbocycles. The van der Waals surface area contributed by atoms with E-state index in [9.17, 15) is 9.18 Å². The molecule has 1 atom stereocenters. The fourth-order valence-corrected chi connectivity index (χ4v) is 7.78. The van der Waals surface area contributed by atoms with Crippen LogP contribution >= 0.6 is 11.6 Å². The summed E-state index contributed by atoms with van der Waals surface area (Å²) in [7, 11) is -1.27. The van der Waals surface area contributed by atoms with Crippen molar-refractivity contribution in [2.24, 2.45) is 0 Å². The van der Waals surface area contributed by atoms with Gasteiger partial charge >= 0.3 is 0 Å². The number of carbonyl (C=O) groups is 1. The number of likely N-dealkylation sites (tertiary alicyclic amines) is 1. The average Bonchev–Trinajstić information content (AvgIpc) is 3.37. The number of nitrogens with zero attached hydrogens (tertiary/aromatic N) is 5. The highest BCUT2D eigenvalue weighted by molar-refractivity contribution is 6.53. The van der Waals surface area contributed by atoms with Gasteiger partial charge in [-0.3, -0.25) is 14.7 Å². The van der Waals surface area contributed by atoms with Crippen molar-refractivity contribution in [2.45, 2.75) is 44.1 Å². The first-order valence-corrected chi connectivity index (χ1v) is 18.1. The van der Waals surface area contributed by atoms with E-state index in [-0.39, 0.29) is 17.8 Å². The molecule has 1 amide bonds. The molecule has 5 aromatic rings. The number of benzene rings is 2. The van der Waals surface area contributed by atoms with E-state index in [1.807, 2.05) is 36.4 Å². The second-order valence-electron chi connectivity index (χ2n) is 11.8. The molecular weight excluding hydrogens is 623 g/mol. The van der Waals surface area contributed by atoms with E-state index in [1.165, 1.54) is 12.1 Å². The standard InChI is InChI=1S/C34H34ClFN6O3Si/c35-25-7-6-23(29(36)18-25)17-26-4-1-5-33(38-26)45-28-10-13-41(14-11-28)21-32-40-30-19-27(39-34(43)24-3-2-12-37-20-24)8-9-31(30)42(32)22-46-16-15-44-46/h1-9,12,18-20,28,46H,10-11,13-17,21-22H2,(H,39,43)/t46-/m0/s1. The summed E-state index contributed by atoms with van der Waals surface area (Å²) in [6, 6.07) is 20.9. The van der Waals surface area contributed by atoms with E-state index in [1.54, 1.807) is 36.7 Å². The van der Waals surface area contributed by atoms with E-state index < -0.39 is 9.04 Å². The number of carbonyl (C=O) groups excluding carboxylic acids is 1. The zero-order chi connectivity index (χ0) is 31.5. The van der Waals surface area contributed by atoms with Crippen molar-refractivity contribution in [3.63, 3.8) is 0 Å². The van der Waals surface area contributed by atoms with Gasteiger partial charge in [-0.15, -0.1) is 0 Å². The predicted octanol–water partition coefficient (Wildman–Crippen LogP) is 5.80. The van der Waals surface area contributed by atoms with Crippen LogP contribution < -0.4 is 10.1 Å². The monoisotopic (exact) mass is 656 g/mol. The molecule has 2 saturated heterocycles. The molecule has 2 aliphatic heterocycles. The summed E-state index contributed by atoms with van der Waals surface area (Å²) in [6.07, 6.45) is 6.23. The topological polar surface area (TPSA) is 94.4 Å². The summed E-state index contributed by atoms with van der Waals surface area (Å²) < 4.78 is 28.8. The van der Waals surface area contributed by atoms with Crippen molar-refractivity contribution in [3.8, 4) is 5.88 Å². The summed E-state index contributed by atoms with van der Waals surface area (Å²) in [4.78, 5) is 28.9. The van der Waals surface area contributed by atoms with Gasteiger partial charge in [0.2, 0.25) is 5.88 Å². The van der Waals surface area contributed by atoms with Crippen molar-refractivity contribution < 1.29 is 18.3 Å². The Balaban J connectivity index is 0.996. The highest BCUT2D eigenvalue weighted by Gasteiger charge is 2.27. The number of ether oxygens (including phenoxy) is 1. The lowest BCUT2D eigenvalue weighted by atomic mass is 10.1. The van der Waals surface area contributed by atoms with Crippen LogP contribution in [0.5, 0.6) is 5.88 Å². The number of halogens is 2. The average molecular weight is 657 g/mol. The molecule has 12 heteroatoms. The molecule has 0 bridgehead atoms. The summed E-state index contributed by atoms with van der Waals surface area (Å²) in [6.45, 7) is 3.31. The second kappa shape index (κ2) is 13.7. The number of imidazole rings is 1. The number of aromatic nitrogens is 4. The van der Waals surface area contributed by atoms with Gasteiger partial charge in [0.05, 0.1) is 23.1 Å². The first kappa shape index (κ1) is 30.5. The Labute approximate surface area is 273 Å². The molecule has 0 unspecified atom stereocenters. The van der Waals surface area contributed by atoms with Gasteiger partial charge in [0.1, 0.15) is 17.7 Å². The number of nitrogens with one attached hydrogen (secondary N) is 1. The van der Waals surface area contributed by atoms with Gasteiger partial charge in [-0.2, -0.15) is 0 Å². The van der Waals surface area contributed by atoms with E-state index in [4.69, 9.17) is 25.7 Å². The van der Waals surface area contributed by atoms with Gasteiger partial charge in [0, 0.05) is 67.1 Å². The molecule has 0 saturated carbocycles. The predicted molar refractivity (Wildman–Crippen MR) is 177 cm³/mol. The van der Waals surface area contributed by atoms with Gasteiger partial charge in [-0.1, -0.05) is 23.7 Å². The molecule has 46 heavy (non-hydrogen) atoms. The molecule has 0 spiro atoms. The minimum Gasteiger partial charge on any atom is -0.474 e. The molecule has 236 valence electrons. The van der Waals surface area contributed by atoms with Gasteiger partial charge in [0.25, 0.3) is 5.91 Å². The van der Waals surface area contributed by atoms with Crippen LogP contribution in [0, 0.1) is 5.82 Å². The second-order valence-corrected chi connectivity index (χ2v) is 14.7. The van der Waals surface area contributed by atoms with Gasteiger partial charge in [-0.25, -0.2) is 14.4 Å². The van der Waals surface area contributed by atoms with Crippen LogP contribution in [0.2, 0.25) is 11.1 Å². The Morgan fingerprint density at radius 2 is 1.96 bits per heavy atom. The quantitative estimate of drug-likeness (QED) is 0.190. The molecule has 9 nitrogen and oxygen atoms in total. The Bertz CT molecular complexity index is 1850. The largest absolute Gasteiger partial charge is 0.474 e.